The average Bonchev–Trinajstić information content (AvgIpc) is 2.97. The molecule has 1 aromatic carbocycles. The molecule has 0 aliphatic heterocycles. The van der Waals surface area contributed by atoms with Crippen molar-refractivity contribution in [1.29, 1.82) is 0 Å². The molecule has 2 rings (SSSR count). The third kappa shape index (κ3) is 3.61. The molecule has 1 aromatic heterocycles. The van der Waals surface area contributed by atoms with Gasteiger partial charge in [0.1, 0.15) is 0 Å². The van der Waals surface area contributed by atoms with Crippen molar-refractivity contribution in [2.45, 2.75) is 25.8 Å². The Kier molecular flexibility index (Phi) is 4.79. The van der Waals surface area contributed by atoms with Crippen molar-refractivity contribution in [2.24, 2.45) is 0 Å². The maximum Gasteiger partial charge on any atom is 0.223 e. The average molecular weight is 288 g/mol. The normalized spacial score (nSPS) is 12.1. The zero-order valence-electron chi connectivity index (χ0n) is 11.9. The predicted molar refractivity (Wildman–Crippen MR) is 84.7 cm³/mol. The van der Waals surface area contributed by atoms with E-state index in [4.69, 9.17) is 5.73 Å². The molecule has 1 heterocycles. The lowest BCUT2D eigenvalue weighted by molar-refractivity contribution is -0.131. The zero-order chi connectivity index (χ0) is 14.5. The number of carbonyl (C=O) groups excluding carboxylic acids is 1. The van der Waals surface area contributed by atoms with Crippen LogP contribution in [0.15, 0.2) is 41.8 Å². The van der Waals surface area contributed by atoms with Crippen LogP contribution in [0.5, 0.6) is 0 Å². The summed E-state index contributed by atoms with van der Waals surface area (Å²) in [7, 11) is 1.87. The summed E-state index contributed by atoms with van der Waals surface area (Å²) in [6.45, 7) is 2.06. The van der Waals surface area contributed by atoms with Crippen LogP contribution in [0.2, 0.25) is 0 Å². The van der Waals surface area contributed by atoms with E-state index in [0.717, 1.165) is 17.7 Å². The molecule has 0 aliphatic rings. The molecular weight excluding hydrogens is 268 g/mol. The van der Waals surface area contributed by atoms with Gasteiger partial charge in [-0.05, 0) is 42.5 Å². The van der Waals surface area contributed by atoms with E-state index in [2.05, 4.69) is 13.0 Å². The van der Waals surface area contributed by atoms with Crippen LogP contribution in [0.4, 0.5) is 5.69 Å². The largest absolute Gasteiger partial charge is 0.399 e. The number of nitrogens with zero attached hydrogens (tertiary/aromatic N) is 1. The van der Waals surface area contributed by atoms with E-state index in [1.54, 1.807) is 11.3 Å². The van der Waals surface area contributed by atoms with Crippen molar-refractivity contribution in [2.75, 3.05) is 12.8 Å². The standard InChI is InChI=1S/C16H20N2OS/c1-12(15-7-4-10-20-15)18(2)16(19)9-8-13-5-3-6-14(17)11-13/h3-7,10-12H,8-9,17H2,1-2H3. The second kappa shape index (κ2) is 6.57. The first-order valence-corrected chi connectivity index (χ1v) is 7.59. The van der Waals surface area contributed by atoms with Crippen molar-refractivity contribution >= 4 is 22.9 Å². The van der Waals surface area contributed by atoms with E-state index in [1.165, 1.54) is 4.88 Å². The molecule has 0 fully saturated rings. The number of nitrogen functional groups attached to an aromatic ring is 1. The molecule has 106 valence electrons. The Morgan fingerprint density at radius 2 is 2.15 bits per heavy atom. The van der Waals surface area contributed by atoms with Gasteiger partial charge in [-0.3, -0.25) is 4.79 Å². The van der Waals surface area contributed by atoms with Gasteiger partial charge >= 0.3 is 0 Å². The fourth-order valence-corrected chi connectivity index (χ4v) is 2.94. The van der Waals surface area contributed by atoms with Crippen molar-refractivity contribution in [3.8, 4) is 0 Å². The van der Waals surface area contributed by atoms with Crippen molar-refractivity contribution in [1.82, 2.24) is 4.90 Å². The molecule has 1 amide bonds. The molecule has 3 nitrogen and oxygen atoms in total. The topological polar surface area (TPSA) is 46.3 Å². The maximum atomic E-state index is 12.2. The van der Waals surface area contributed by atoms with Crippen LogP contribution >= 0.6 is 11.3 Å². The Hall–Kier alpha value is -1.81. The van der Waals surface area contributed by atoms with Crippen LogP contribution in [0.25, 0.3) is 0 Å². The van der Waals surface area contributed by atoms with Gasteiger partial charge in [-0.1, -0.05) is 18.2 Å². The monoisotopic (exact) mass is 288 g/mol. The summed E-state index contributed by atoms with van der Waals surface area (Å²) >= 11 is 1.68. The summed E-state index contributed by atoms with van der Waals surface area (Å²) in [5.41, 5.74) is 7.60. The molecular formula is C16H20N2OS. The first-order valence-electron chi connectivity index (χ1n) is 6.71. The fraction of sp³-hybridized carbons (Fsp3) is 0.312. The number of thiophene rings is 1. The van der Waals surface area contributed by atoms with Crippen molar-refractivity contribution < 1.29 is 4.79 Å². The number of aryl methyl sites for hydroxylation is 1. The molecule has 0 radical (unpaired) electrons. The molecule has 2 N–H and O–H groups in total. The predicted octanol–water partition coefficient (Wildman–Crippen LogP) is 3.48. The van der Waals surface area contributed by atoms with Crippen LogP contribution < -0.4 is 5.73 Å². The minimum Gasteiger partial charge on any atom is -0.399 e. The minimum absolute atomic E-state index is 0.128. The van der Waals surface area contributed by atoms with E-state index in [1.807, 2.05) is 47.7 Å². The summed E-state index contributed by atoms with van der Waals surface area (Å²) in [5.74, 6) is 0.160. The Bertz CT molecular complexity index is 566. The summed E-state index contributed by atoms with van der Waals surface area (Å²) in [4.78, 5) is 15.3. The molecule has 0 saturated heterocycles. The highest BCUT2D eigenvalue weighted by molar-refractivity contribution is 7.10. The molecule has 0 saturated carbocycles. The summed E-state index contributed by atoms with van der Waals surface area (Å²) < 4.78 is 0. The quantitative estimate of drug-likeness (QED) is 0.856. The van der Waals surface area contributed by atoms with Gasteiger partial charge in [0.25, 0.3) is 0 Å². The second-order valence-corrected chi connectivity index (χ2v) is 5.92. The summed E-state index contributed by atoms with van der Waals surface area (Å²) in [6, 6.07) is 11.9. The number of hydrogen-bond donors (Lipinski definition) is 1. The molecule has 0 bridgehead atoms. The van der Waals surface area contributed by atoms with Crippen LogP contribution in [0.1, 0.15) is 29.8 Å². The number of rotatable bonds is 5. The van der Waals surface area contributed by atoms with Gasteiger partial charge in [0, 0.05) is 24.0 Å². The number of hydrogen-bond acceptors (Lipinski definition) is 3. The third-order valence-electron chi connectivity index (χ3n) is 3.51. The van der Waals surface area contributed by atoms with Crippen LogP contribution in [0.3, 0.4) is 0 Å². The van der Waals surface area contributed by atoms with Gasteiger partial charge in [0.2, 0.25) is 5.91 Å². The number of carbonyl (C=O) groups is 1. The van der Waals surface area contributed by atoms with Crippen molar-refractivity contribution in [3.05, 3.63) is 52.2 Å². The highest BCUT2D eigenvalue weighted by Gasteiger charge is 2.17. The Balaban J connectivity index is 1.91. The second-order valence-electron chi connectivity index (χ2n) is 4.94. The van der Waals surface area contributed by atoms with E-state index in [-0.39, 0.29) is 11.9 Å². The van der Waals surface area contributed by atoms with Gasteiger partial charge in [-0.15, -0.1) is 11.3 Å². The van der Waals surface area contributed by atoms with Crippen LogP contribution in [0, 0.1) is 0 Å². The van der Waals surface area contributed by atoms with E-state index in [0.29, 0.717) is 6.42 Å². The van der Waals surface area contributed by atoms with E-state index < -0.39 is 0 Å². The molecule has 2 aromatic rings. The molecule has 0 spiro atoms. The van der Waals surface area contributed by atoms with E-state index >= 15 is 0 Å². The first kappa shape index (κ1) is 14.6. The summed E-state index contributed by atoms with van der Waals surface area (Å²) in [5, 5.41) is 2.04. The Morgan fingerprint density at radius 1 is 1.35 bits per heavy atom. The van der Waals surface area contributed by atoms with Crippen molar-refractivity contribution in [3.63, 3.8) is 0 Å². The minimum atomic E-state index is 0.128. The molecule has 1 unspecified atom stereocenters. The van der Waals surface area contributed by atoms with Gasteiger partial charge in [0.05, 0.1) is 6.04 Å². The highest BCUT2D eigenvalue weighted by atomic mass is 32.1. The van der Waals surface area contributed by atoms with Gasteiger partial charge < -0.3 is 10.6 Å². The highest BCUT2D eigenvalue weighted by Crippen LogP contribution is 2.24. The summed E-state index contributed by atoms with van der Waals surface area (Å²) in [6.07, 6.45) is 1.24. The lowest BCUT2D eigenvalue weighted by Crippen LogP contribution is -2.29. The number of anilines is 1. The molecule has 4 heteroatoms. The van der Waals surface area contributed by atoms with Gasteiger partial charge in [0.15, 0.2) is 0 Å². The van der Waals surface area contributed by atoms with E-state index in [9.17, 15) is 4.79 Å². The Morgan fingerprint density at radius 3 is 2.80 bits per heavy atom. The van der Waals surface area contributed by atoms with Crippen LogP contribution in [-0.4, -0.2) is 17.9 Å². The smallest absolute Gasteiger partial charge is 0.223 e. The zero-order valence-corrected chi connectivity index (χ0v) is 12.7. The fourth-order valence-electron chi connectivity index (χ4n) is 2.11. The first-order chi connectivity index (χ1) is 9.58. The molecule has 1 atom stereocenters. The number of nitrogens with two attached hydrogens (primary N) is 1. The maximum absolute atomic E-state index is 12.2. The lowest BCUT2D eigenvalue weighted by atomic mass is 10.1. The Labute approximate surface area is 124 Å². The third-order valence-corrected chi connectivity index (χ3v) is 4.55. The SMILES string of the molecule is CC(c1cccs1)N(C)C(=O)CCc1cccc(N)c1. The van der Waals surface area contributed by atoms with Gasteiger partial charge in [-0.2, -0.15) is 0 Å². The number of amides is 1. The molecule has 0 aliphatic carbocycles. The molecule has 20 heavy (non-hydrogen) atoms. The van der Waals surface area contributed by atoms with Crippen LogP contribution in [-0.2, 0) is 11.2 Å². The number of benzene rings is 1. The lowest BCUT2D eigenvalue weighted by Gasteiger charge is -2.24. The van der Waals surface area contributed by atoms with Gasteiger partial charge in [-0.25, -0.2) is 0 Å².